The summed E-state index contributed by atoms with van der Waals surface area (Å²) in [6.45, 7) is 2.76. The highest BCUT2D eigenvalue weighted by Crippen LogP contribution is 1.96. The molecule has 0 atom stereocenters. The Balaban J connectivity index is 2.30. The number of aromatic nitrogens is 2. The molecule has 1 aliphatic heterocycles. The number of hydrazine groups is 1. The maximum Gasteiger partial charge on any atom is 0.270 e. The van der Waals surface area contributed by atoms with Crippen LogP contribution >= 0.6 is 0 Å². The summed E-state index contributed by atoms with van der Waals surface area (Å²) in [5.41, 5.74) is 0. The van der Waals surface area contributed by atoms with Crippen LogP contribution in [0, 0.1) is 0 Å². The summed E-state index contributed by atoms with van der Waals surface area (Å²) in [4.78, 5) is 3.13. The number of aromatic amines is 1. The third-order valence-corrected chi connectivity index (χ3v) is 1.83. The molecule has 2 rings (SSSR count). The maximum absolute atomic E-state index is 5.61. The van der Waals surface area contributed by atoms with Crippen molar-refractivity contribution < 1.29 is 4.57 Å². The number of imidazole rings is 1. The van der Waals surface area contributed by atoms with Gasteiger partial charge in [-0.3, -0.25) is 5.84 Å². The number of hydrogen-bond donors (Lipinski definition) is 2. The molecule has 4 heteroatoms. The Morgan fingerprint density at radius 3 is 3.50 bits per heavy atom. The van der Waals surface area contributed by atoms with E-state index in [4.69, 9.17) is 5.84 Å². The van der Waals surface area contributed by atoms with Gasteiger partial charge in [0.1, 0.15) is 25.5 Å². The SMILES string of the molecule is NN1CC[n+]2cc[nH]c2C1. The summed E-state index contributed by atoms with van der Waals surface area (Å²) in [5.74, 6) is 6.80. The summed E-state index contributed by atoms with van der Waals surface area (Å²) < 4.78 is 2.18. The van der Waals surface area contributed by atoms with E-state index in [9.17, 15) is 0 Å². The maximum atomic E-state index is 5.61. The smallest absolute Gasteiger partial charge is 0.268 e. The van der Waals surface area contributed by atoms with E-state index >= 15 is 0 Å². The lowest BCUT2D eigenvalue weighted by Gasteiger charge is -2.17. The second kappa shape index (κ2) is 2.07. The van der Waals surface area contributed by atoms with Crippen LogP contribution in [0.15, 0.2) is 12.4 Å². The van der Waals surface area contributed by atoms with Gasteiger partial charge in [0.25, 0.3) is 5.82 Å². The minimum atomic E-state index is 0.826. The average Bonchev–Trinajstić information content (AvgIpc) is 2.33. The van der Waals surface area contributed by atoms with Crippen molar-refractivity contribution in [2.45, 2.75) is 13.1 Å². The fraction of sp³-hybridized carbons (Fsp3) is 0.500. The van der Waals surface area contributed by atoms with E-state index in [0.29, 0.717) is 0 Å². The van der Waals surface area contributed by atoms with Gasteiger partial charge < -0.3 is 0 Å². The third kappa shape index (κ3) is 0.815. The van der Waals surface area contributed by atoms with Gasteiger partial charge in [0.15, 0.2) is 0 Å². The third-order valence-electron chi connectivity index (χ3n) is 1.83. The number of H-pyrrole nitrogens is 1. The summed E-state index contributed by atoms with van der Waals surface area (Å²) in [6, 6.07) is 0. The lowest BCUT2D eigenvalue weighted by molar-refractivity contribution is -0.710. The van der Waals surface area contributed by atoms with E-state index in [2.05, 4.69) is 9.55 Å². The van der Waals surface area contributed by atoms with Gasteiger partial charge >= 0.3 is 0 Å². The first-order valence-electron chi connectivity index (χ1n) is 3.41. The van der Waals surface area contributed by atoms with E-state index in [1.807, 2.05) is 17.4 Å². The van der Waals surface area contributed by atoms with E-state index < -0.39 is 0 Å². The summed E-state index contributed by atoms with van der Waals surface area (Å²) in [7, 11) is 0. The van der Waals surface area contributed by atoms with Gasteiger partial charge in [-0.05, 0) is 0 Å². The van der Waals surface area contributed by atoms with Crippen molar-refractivity contribution in [3.05, 3.63) is 18.2 Å². The molecule has 1 aromatic heterocycles. The van der Waals surface area contributed by atoms with Crippen molar-refractivity contribution >= 4 is 0 Å². The molecule has 1 aromatic rings. The summed E-state index contributed by atoms with van der Waals surface area (Å²) in [6.07, 6.45) is 3.98. The fourth-order valence-corrected chi connectivity index (χ4v) is 1.25. The molecule has 0 unspecified atom stereocenters. The van der Waals surface area contributed by atoms with Crippen molar-refractivity contribution in [3.63, 3.8) is 0 Å². The molecular weight excluding hydrogens is 128 g/mol. The van der Waals surface area contributed by atoms with Gasteiger partial charge in [-0.1, -0.05) is 0 Å². The predicted octanol–water partition coefficient (Wildman–Crippen LogP) is -1.01. The molecule has 0 fully saturated rings. The molecule has 3 N–H and O–H groups in total. The van der Waals surface area contributed by atoms with Crippen molar-refractivity contribution in [3.8, 4) is 0 Å². The van der Waals surface area contributed by atoms with Crippen LogP contribution in [-0.4, -0.2) is 16.5 Å². The highest BCUT2D eigenvalue weighted by atomic mass is 15.4. The van der Waals surface area contributed by atoms with Crippen molar-refractivity contribution in [2.75, 3.05) is 6.54 Å². The number of fused-ring (bicyclic) bond motifs is 1. The molecule has 0 aromatic carbocycles. The Kier molecular flexibility index (Phi) is 1.22. The number of hydrogen-bond acceptors (Lipinski definition) is 2. The Hall–Kier alpha value is -0.870. The van der Waals surface area contributed by atoms with Crippen LogP contribution in [0.5, 0.6) is 0 Å². The fourth-order valence-electron chi connectivity index (χ4n) is 1.25. The summed E-state index contributed by atoms with van der Waals surface area (Å²) in [5, 5.41) is 1.81. The van der Waals surface area contributed by atoms with Crippen LogP contribution in [0.25, 0.3) is 0 Å². The van der Waals surface area contributed by atoms with Crippen LogP contribution in [0.4, 0.5) is 0 Å². The first-order chi connectivity index (χ1) is 4.86. The van der Waals surface area contributed by atoms with Crippen molar-refractivity contribution in [1.82, 2.24) is 9.99 Å². The Labute approximate surface area is 59.2 Å². The van der Waals surface area contributed by atoms with Gasteiger partial charge in [0, 0.05) is 0 Å². The quantitative estimate of drug-likeness (QED) is 0.357. The topological polar surface area (TPSA) is 48.9 Å². The van der Waals surface area contributed by atoms with Crippen LogP contribution < -0.4 is 10.4 Å². The van der Waals surface area contributed by atoms with E-state index in [1.54, 1.807) is 0 Å². The molecule has 1 aliphatic rings. The second-order valence-corrected chi connectivity index (χ2v) is 2.57. The van der Waals surface area contributed by atoms with Crippen molar-refractivity contribution in [1.29, 1.82) is 0 Å². The van der Waals surface area contributed by atoms with Gasteiger partial charge in [-0.2, -0.15) is 0 Å². The molecule has 0 saturated heterocycles. The van der Waals surface area contributed by atoms with Crippen LogP contribution in [0.3, 0.4) is 0 Å². The monoisotopic (exact) mass is 139 g/mol. The summed E-state index contributed by atoms with van der Waals surface area (Å²) >= 11 is 0. The molecule has 0 amide bonds. The first kappa shape index (κ1) is 5.88. The largest absolute Gasteiger partial charge is 0.270 e. The Morgan fingerprint density at radius 1 is 1.70 bits per heavy atom. The molecule has 10 heavy (non-hydrogen) atoms. The minimum Gasteiger partial charge on any atom is -0.268 e. The number of rotatable bonds is 0. The molecule has 4 nitrogen and oxygen atoms in total. The molecule has 0 radical (unpaired) electrons. The second-order valence-electron chi connectivity index (χ2n) is 2.57. The molecule has 0 aliphatic carbocycles. The minimum absolute atomic E-state index is 0.826. The van der Waals surface area contributed by atoms with Gasteiger partial charge in [0.05, 0.1) is 6.54 Å². The van der Waals surface area contributed by atoms with Crippen LogP contribution in [0.1, 0.15) is 5.82 Å². The highest BCUT2D eigenvalue weighted by molar-refractivity contribution is 4.78. The van der Waals surface area contributed by atoms with Gasteiger partial charge in [-0.15, -0.1) is 0 Å². The number of nitrogens with zero attached hydrogens (tertiary/aromatic N) is 2. The lowest BCUT2D eigenvalue weighted by atomic mass is 10.4. The molecule has 0 bridgehead atoms. The zero-order valence-electron chi connectivity index (χ0n) is 5.75. The lowest BCUT2D eigenvalue weighted by Crippen LogP contribution is -2.51. The average molecular weight is 139 g/mol. The standard InChI is InChI=1S/C6H10N4/c7-10-4-3-9-2-1-8-6(9)5-10/h1-2H,3-5,7H2/p+1. The molecular formula is C6H11N4+. The normalized spacial score (nSPS) is 18.9. The van der Waals surface area contributed by atoms with E-state index in [-0.39, 0.29) is 0 Å². The van der Waals surface area contributed by atoms with Gasteiger partial charge in [0.2, 0.25) is 0 Å². The Bertz CT molecular complexity index is 229. The van der Waals surface area contributed by atoms with E-state index in [0.717, 1.165) is 19.6 Å². The zero-order chi connectivity index (χ0) is 6.97. The highest BCUT2D eigenvalue weighted by Gasteiger charge is 2.18. The molecule has 0 saturated carbocycles. The van der Waals surface area contributed by atoms with E-state index in [1.165, 1.54) is 5.82 Å². The van der Waals surface area contributed by atoms with Gasteiger partial charge in [-0.25, -0.2) is 14.6 Å². The van der Waals surface area contributed by atoms with Crippen LogP contribution in [-0.2, 0) is 13.1 Å². The predicted molar refractivity (Wildman–Crippen MR) is 35.6 cm³/mol. The molecule has 54 valence electrons. The van der Waals surface area contributed by atoms with Crippen molar-refractivity contribution in [2.24, 2.45) is 5.84 Å². The zero-order valence-corrected chi connectivity index (χ0v) is 5.75. The number of nitrogens with two attached hydrogens (primary N) is 1. The Morgan fingerprint density at radius 2 is 2.60 bits per heavy atom. The first-order valence-corrected chi connectivity index (χ1v) is 3.41. The van der Waals surface area contributed by atoms with Crippen LogP contribution in [0.2, 0.25) is 0 Å². The number of nitrogens with one attached hydrogen (secondary N) is 1. The molecule has 2 heterocycles. The molecule has 0 spiro atoms.